The standard InChI is InChI=1S/C27H17F5N3.Pt/c1-26(2,23-10-4-8-21(34-23)16-6-3-7-17(14-16)27(30,31)32)24-11-5-9-22(35-24)18-12-13-20(28)19(15-33)25(18)29;/h3-5,7-14H,1-2H3;/q-1;. The van der Waals surface area contributed by atoms with Gasteiger partial charge in [-0.15, -0.1) is 29.8 Å². The van der Waals surface area contributed by atoms with Crippen LogP contribution in [0, 0.1) is 29.0 Å². The van der Waals surface area contributed by atoms with E-state index >= 15 is 0 Å². The van der Waals surface area contributed by atoms with Crippen molar-refractivity contribution >= 4 is 0 Å². The summed E-state index contributed by atoms with van der Waals surface area (Å²) in [4.78, 5) is 9.11. The Labute approximate surface area is 218 Å². The minimum Gasteiger partial charge on any atom is -0.300 e. The van der Waals surface area contributed by atoms with Crippen LogP contribution in [-0.2, 0) is 32.7 Å². The Balaban J connectivity index is 0.00000361. The van der Waals surface area contributed by atoms with Gasteiger partial charge in [0.05, 0.1) is 11.4 Å². The average molecular weight is 674 g/mol. The summed E-state index contributed by atoms with van der Waals surface area (Å²) in [6, 6.07) is 19.6. The number of hydrogen-bond acceptors (Lipinski definition) is 3. The maximum absolute atomic E-state index is 14.7. The molecule has 0 unspecified atom stereocenters. The zero-order valence-electron chi connectivity index (χ0n) is 18.9. The minimum absolute atomic E-state index is 0. The number of aromatic nitrogens is 2. The quantitative estimate of drug-likeness (QED) is 0.172. The molecule has 4 aromatic rings. The second-order valence-corrected chi connectivity index (χ2v) is 8.33. The Morgan fingerprint density at radius 1 is 0.861 bits per heavy atom. The van der Waals surface area contributed by atoms with E-state index in [1.165, 1.54) is 18.2 Å². The molecule has 4 rings (SSSR count). The van der Waals surface area contributed by atoms with Gasteiger partial charge in [0.1, 0.15) is 17.4 Å². The normalized spacial score (nSPS) is 11.5. The summed E-state index contributed by atoms with van der Waals surface area (Å²) >= 11 is 0. The Kier molecular flexibility index (Phi) is 7.76. The maximum Gasteiger partial charge on any atom is 0.399 e. The van der Waals surface area contributed by atoms with Gasteiger partial charge in [0.2, 0.25) is 0 Å². The molecule has 0 spiro atoms. The molecule has 2 aromatic carbocycles. The summed E-state index contributed by atoms with van der Waals surface area (Å²) in [7, 11) is 0. The molecule has 0 saturated heterocycles. The van der Waals surface area contributed by atoms with E-state index in [9.17, 15) is 22.0 Å². The molecule has 0 atom stereocenters. The van der Waals surface area contributed by atoms with Crippen LogP contribution in [0.4, 0.5) is 22.0 Å². The minimum atomic E-state index is -4.49. The molecular weight excluding hydrogens is 656 g/mol. The SMILES string of the molecule is CC(C)(c1cccc(-c2[c-]ccc(C(F)(F)F)c2)n1)c1cccc(-c2ccc(F)c(C#N)c2F)n1.[Pt]. The molecule has 186 valence electrons. The summed E-state index contributed by atoms with van der Waals surface area (Å²) in [5.41, 5.74) is -0.642. The molecule has 36 heavy (non-hydrogen) atoms. The Hall–Kier alpha value is -3.43. The van der Waals surface area contributed by atoms with E-state index in [1.54, 1.807) is 36.4 Å². The first-order valence-electron chi connectivity index (χ1n) is 10.4. The zero-order valence-corrected chi connectivity index (χ0v) is 21.2. The summed E-state index contributed by atoms with van der Waals surface area (Å²) in [5.74, 6) is -1.96. The van der Waals surface area contributed by atoms with Crippen molar-refractivity contribution in [2.45, 2.75) is 25.4 Å². The molecule has 0 aliphatic heterocycles. The van der Waals surface area contributed by atoms with E-state index < -0.39 is 34.4 Å². The van der Waals surface area contributed by atoms with Crippen molar-refractivity contribution in [3.8, 4) is 28.6 Å². The molecule has 0 bridgehead atoms. The summed E-state index contributed by atoms with van der Waals surface area (Å²) in [6.07, 6.45) is -4.49. The molecule has 0 aliphatic rings. The van der Waals surface area contributed by atoms with Crippen LogP contribution >= 0.6 is 0 Å². The van der Waals surface area contributed by atoms with Crippen molar-refractivity contribution in [1.29, 1.82) is 5.26 Å². The van der Waals surface area contributed by atoms with Crippen LogP contribution in [0.1, 0.15) is 36.4 Å². The van der Waals surface area contributed by atoms with E-state index in [-0.39, 0.29) is 37.9 Å². The number of pyridine rings is 2. The Morgan fingerprint density at radius 3 is 2.08 bits per heavy atom. The van der Waals surface area contributed by atoms with E-state index in [4.69, 9.17) is 5.26 Å². The van der Waals surface area contributed by atoms with Crippen LogP contribution in [-0.4, -0.2) is 9.97 Å². The number of benzene rings is 2. The van der Waals surface area contributed by atoms with Crippen molar-refractivity contribution in [3.05, 3.63) is 107 Å². The first-order chi connectivity index (χ1) is 16.5. The second-order valence-electron chi connectivity index (χ2n) is 8.33. The smallest absolute Gasteiger partial charge is 0.300 e. The first kappa shape index (κ1) is 27.2. The van der Waals surface area contributed by atoms with Crippen molar-refractivity contribution in [2.24, 2.45) is 0 Å². The number of nitrogens with zero attached hydrogens (tertiary/aromatic N) is 3. The van der Waals surface area contributed by atoms with Gasteiger partial charge in [-0.25, -0.2) is 8.78 Å². The third-order valence-corrected chi connectivity index (χ3v) is 5.66. The summed E-state index contributed by atoms with van der Waals surface area (Å²) in [6.45, 7) is 3.64. The van der Waals surface area contributed by atoms with Gasteiger partial charge in [-0.1, -0.05) is 18.2 Å². The Morgan fingerprint density at radius 2 is 1.47 bits per heavy atom. The number of hydrogen-bond donors (Lipinski definition) is 0. The predicted molar refractivity (Wildman–Crippen MR) is 120 cm³/mol. The monoisotopic (exact) mass is 673 g/mol. The van der Waals surface area contributed by atoms with E-state index in [1.807, 2.05) is 13.8 Å². The third-order valence-electron chi connectivity index (χ3n) is 5.66. The number of halogens is 5. The van der Waals surface area contributed by atoms with E-state index in [2.05, 4.69) is 16.0 Å². The molecule has 3 nitrogen and oxygen atoms in total. The van der Waals surface area contributed by atoms with E-state index in [0.717, 1.165) is 18.2 Å². The first-order valence-corrected chi connectivity index (χ1v) is 10.4. The van der Waals surface area contributed by atoms with Crippen LogP contribution in [0.25, 0.3) is 22.5 Å². The molecule has 9 heteroatoms. The molecule has 0 amide bonds. The fourth-order valence-corrected chi connectivity index (χ4v) is 3.64. The van der Waals surface area contributed by atoms with Crippen LogP contribution in [0.5, 0.6) is 0 Å². The average Bonchev–Trinajstić information content (AvgIpc) is 2.84. The topological polar surface area (TPSA) is 49.6 Å². The van der Waals surface area contributed by atoms with Crippen molar-refractivity contribution in [3.63, 3.8) is 0 Å². The van der Waals surface area contributed by atoms with Gasteiger partial charge in [0.25, 0.3) is 0 Å². The second kappa shape index (κ2) is 10.3. The van der Waals surface area contributed by atoms with Gasteiger partial charge < -0.3 is 4.98 Å². The van der Waals surface area contributed by atoms with Gasteiger partial charge >= 0.3 is 6.18 Å². The fourth-order valence-electron chi connectivity index (χ4n) is 3.64. The van der Waals surface area contributed by atoms with Gasteiger partial charge in [-0.2, -0.15) is 18.4 Å². The van der Waals surface area contributed by atoms with E-state index in [0.29, 0.717) is 17.1 Å². The largest absolute Gasteiger partial charge is 0.399 e. The number of alkyl halides is 3. The summed E-state index contributed by atoms with van der Waals surface area (Å²) < 4.78 is 67.9. The molecule has 0 N–H and O–H groups in total. The molecule has 2 aromatic heterocycles. The number of rotatable bonds is 4. The van der Waals surface area contributed by atoms with Gasteiger partial charge in [0, 0.05) is 37.7 Å². The van der Waals surface area contributed by atoms with Crippen molar-refractivity contribution in [2.75, 3.05) is 0 Å². The zero-order chi connectivity index (χ0) is 25.4. The van der Waals surface area contributed by atoms with Gasteiger partial charge in [-0.3, -0.25) is 4.98 Å². The molecular formula is C27H17F5N3Pt-. The molecule has 0 aliphatic carbocycles. The maximum atomic E-state index is 14.7. The van der Waals surface area contributed by atoms with Crippen molar-refractivity contribution < 1.29 is 43.0 Å². The molecule has 0 fully saturated rings. The fraction of sp³-hybridized carbons (Fsp3) is 0.148. The molecule has 0 saturated carbocycles. The van der Waals surface area contributed by atoms with Crippen LogP contribution < -0.4 is 0 Å². The predicted octanol–water partition coefficient (Wildman–Crippen LogP) is 7.10. The van der Waals surface area contributed by atoms with Crippen molar-refractivity contribution in [1.82, 2.24) is 9.97 Å². The molecule has 2 heterocycles. The van der Waals surface area contributed by atoms with Crippen LogP contribution in [0.3, 0.4) is 0 Å². The van der Waals surface area contributed by atoms with Gasteiger partial charge in [-0.05, 0) is 55.4 Å². The van der Waals surface area contributed by atoms with Crippen LogP contribution in [0.2, 0.25) is 0 Å². The third kappa shape index (κ3) is 5.22. The molecule has 0 radical (unpaired) electrons. The van der Waals surface area contributed by atoms with Gasteiger partial charge in [0.15, 0.2) is 5.82 Å². The van der Waals surface area contributed by atoms with Crippen LogP contribution in [0.15, 0.2) is 66.7 Å². The Bertz CT molecular complexity index is 1460. The number of nitriles is 1. The summed E-state index contributed by atoms with van der Waals surface area (Å²) in [5, 5.41) is 9.06.